The number of carbonyl (C=O) groups excluding carboxylic acids is 1. The number of carbonyl (C=O) groups is 1. The van der Waals surface area contributed by atoms with E-state index in [2.05, 4.69) is 19.2 Å². The minimum absolute atomic E-state index is 0.118. The van der Waals surface area contributed by atoms with Crippen molar-refractivity contribution in [1.29, 1.82) is 0 Å². The molecule has 0 spiro atoms. The molecule has 2 aromatic heterocycles. The van der Waals surface area contributed by atoms with Gasteiger partial charge in [-0.15, -0.1) is 0 Å². The number of nitrogens with one attached hydrogen (secondary N) is 1. The molecule has 5 nitrogen and oxygen atoms in total. The Balaban J connectivity index is 1.79. The molecule has 0 atom stereocenters. The standard InChI is InChI=1S/C23H26FN3O2/c1-14(2)17-11-18(15-5-7-16(24)8-6-15)26-19-12-20(29-21(17)19)22(28)27-10-9-25-13-23(27,3)4/h5-8,11-12,14,25H,9-10,13H2,1-4H3. The summed E-state index contributed by atoms with van der Waals surface area (Å²) in [5.74, 6) is 0.0892. The van der Waals surface area contributed by atoms with Crippen LogP contribution in [0, 0.1) is 5.82 Å². The SMILES string of the molecule is CC(C)c1cc(-c2ccc(F)cc2)nc2cc(C(=O)N3CCNCC3(C)C)oc12. The summed E-state index contributed by atoms with van der Waals surface area (Å²) in [6.45, 7) is 10.4. The second-order valence-electron chi connectivity index (χ2n) is 8.53. The first-order chi connectivity index (χ1) is 13.8. The van der Waals surface area contributed by atoms with E-state index in [0.717, 1.165) is 29.9 Å². The van der Waals surface area contributed by atoms with Crippen molar-refractivity contribution < 1.29 is 13.6 Å². The first kappa shape index (κ1) is 19.6. The van der Waals surface area contributed by atoms with E-state index in [0.29, 0.717) is 23.4 Å². The van der Waals surface area contributed by atoms with Gasteiger partial charge < -0.3 is 14.6 Å². The Morgan fingerprint density at radius 2 is 1.97 bits per heavy atom. The van der Waals surface area contributed by atoms with Crippen molar-refractivity contribution >= 4 is 17.0 Å². The Morgan fingerprint density at radius 3 is 2.62 bits per heavy atom. The van der Waals surface area contributed by atoms with E-state index >= 15 is 0 Å². The van der Waals surface area contributed by atoms with Crippen LogP contribution in [-0.4, -0.2) is 41.0 Å². The zero-order valence-corrected chi connectivity index (χ0v) is 17.3. The number of amides is 1. The summed E-state index contributed by atoms with van der Waals surface area (Å²) in [5.41, 5.74) is 3.54. The van der Waals surface area contributed by atoms with Gasteiger partial charge in [0.1, 0.15) is 11.3 Å². The van der Waals surface area contributed by atoms with Crippen LogP contribution in [0.15, 0.2) is 40.8 Å². The lowest BCUT2D eigenvalue weighted by Crippen LogP contribution is -2.59. The van der Waals surface area contributed by atoms with Gasteiger partial charge in [0.05, 0.1) is 11.2 Å². The number of hydrogen-bond donors (Lipinski definition) is 1. The van der Waals surface area contributed by atoms with Crippen LogP contribution in [0.1, 0.15) is 49.7 Å². The Labute approximate surface area is 169 Å². The number of piperazine rings is 1. The highest BCUT2D eigenvalue weighted by Gasteiger charge is 2.35. The topological polar surface area (TPSA) is 58.4 Å². The van der Waals surface area contributed by atoms with Crippen LogP contribution in [0.3, 0.4) is 0 Å². The molecule has 0 bridgehead atoms. The van der Waals surface area contributed by atoms with E-state index in [-0.39, 0.29) is 23.2 Å². The summed E-state index contributed by atoms with van der Waals surface area (Å²) < 4.78 is 19.4. The predicted molar refractivity (Wildman–Crippen MR) is 111 cm³/mol. The van der Waals surface area contributed by atoms with E-state index in [9.17, 15) is 9.18 Å². The average molecular weight is 395 g/mol. The second kappa shape index (κ2) is 7.26. The van der Waals surface area contributed by atoms with Gasteiger partial charge in [-0.05, 0) is 50.1 Å². The first-order valence-corrected chi connectivity index (χ1v) is 9.99. The molecular formula is C23H26FN3O2. The molecule has 1 aliphatic rings. The number of nitrogens with zero attached hydrogens (tertiary/aromatic N) is 2. The third kappa shape index (κ3) is 3.65. The van der Waals surface area contributed by atoms with Crippen molar-refractivity contribution in [3.8, 4) is 11.3 Å². The second-order valence-corrected chi connectivity index (χ2v) is 8.53. The van der Waals surface area contributed by atoms with Gasteiger partial charge in [0.25, 0.3) is 5.91 Å². The number of rotatable bonds is 3. The molecule has 1 amide bonds. The molecule has 6 heteroatoms. The highest BCUT2D eigenvalue weighted by atomic mass is 19.1. The van der Waals surface area contributed by atoms with Gasteiger partial charge in [0.2, 0.25) is 0 Å². The summed E-state index contributed by atoms with van der Waals surface area (Å²) in [5, 5.41) is 3.33. The van der Waals surface area contributed by atoms with E-state index in [4.69, 9.17) is 9.40 Å². The molecule has 0 aliphatic carbocycles. The first-order valence-electron chi connectivity index (χ1n) is 9.99. The fourth-order valence-corrected chi connectivity index (χ4v) is 3.84. The number of halogens is 1. The third-order valence-electron chi connectivity index (χ3n) is 5.53. The van der Waals surface area contributed by atoms with E-state index in [1.54, 1.807) is 18.2 Å². The summed E-state index contributed by atoms with van der Waals surface area (Å²) in [6, 6.07) is 9.97. The molecule has 3 heterocycles. The highest BCUT2D eigenvalue weighted by molar-refractivity contribution is 5.96. The van der Waals surface area contributed by atoms with Crippen molar-refractivity contribution in [3.05, 3.63) is 53.5 Å². The fraction of sp³-hybridized carbons (Fsp3) is 0.391. The van der Waals surface area contributed by atoms with Crippen LogP contribution >= 0.6 is 0 Å². The molecule has 29 heavy (non-hydrogen) atoms. The number of aromatic nitrogens is 1. The molecule has 1 saturated heterocycles. The lowest BCUT2D eigenvalue weighted by molar-refractivity contribution is 0.0448. The normalized spacial score (nSPS) is 16.6. The van der Waals surface area contributed by atoms with Crippen LogP contribution in [0.2, 0.25) is 0 Å². The average Bonchev–Trinajstić information content (AvgIpc) is 3.11. The predicted octanol–water partition coefficient (Wildman–Crippen LogP) is 4.58. The third-order valence-corrected chi connectivity index (χ3v) is 5.53. The van der Waals surface area contributed by atoms with Crippen molar-refractivity contribution in [1.82, 2.24) is 15.2 Å². The minimum Gasteiger partial charge on any atom is -0.449 e. The number of furan rings is 1. The Morgan fingerprint density at radius 1 is 1.24 bits per heavy atom. The van der Waals surface area contributed by atoms with Gasteiger partial charge in [-0.2, -0.15) is 0 Å². The Kier molecular flexibility index (Phi) is 4.90. The molecule has 1 fully saturated rings. The van der Waals surface area contributed by atoms with Crippen LogP contribution < -0.4 is 5.32 Å². The van der Waals surface area contributed by atoms with Crippen molar-refractivity contribution in [2.45, 2.75) is 39.2 Å². The van der Waals surface area contributed by atoms with Crippen molar-refractivity contribution in [2.24, 2.45) is 0 Å². The van der Waals surface area contributed by atoms with Gasteiger partial charge in [-0.1, -0.05) is 13.8 Å². The smallest absolute Gasteiger partial charge is 0.290 e. The Hall–Kier alpha value is -2.73. The lowest BCUT2D eigenvalue weighted by atomic mass is 9.99. The molecule has 0 saturated carbocycles. The molecule has 1 aliphatic heterocycles. The van der Waals surface area contributed by atoms with Crippen LogP contribution in [0.25, 0.3) is 22.4 Å². The van der Waals surface area contributed by atoms with E-state index in [1.165, 1.54) is 12.1 Å². The van der Waals surface area contributed by atoms with Gasteiger partial charge >= 0.3 is 0 Å². The van der Waals surface area contributed by atoms with Crippen LogP contribution in [-0.2, 0) is 0 Å². The van der Waals surface area contributed by atoms with Crippen LogP contribution in [0.4, 0.5) is 4.39 Å². The van der Waals surface area contributed by atoms with Gasteiger partial charge in [0.15, 0.2) is 11.3 Å². The van der Waals surface area contributed by atoms with E-state index < -0.39 is 0 Å². The zero-order chi connectivity index (χ0) is 20.8. The molecule has 3 aromatic rings. The van der Waals surface area contributed by atoms with Crippen molar-refractivity contribution in [2.75, 3.05) is 19.6 Å². The zero-order valence-electron chi connectivity index (χ0n) is 17.3. The van der Waals surface area contributed by atoms with Gasteiger partial charge in [-0.25, -0.2) is 9.37 Å². The fourth-order valence-electron chi connectivity index (χ4n) is 3.84. The molecule has 0 unspecified atom stereocenters. The molecule has 4 rings (SSSR count). The summed E-state index contributed by atoms with van der Waals surface area (Å²) >= 11 is 0. The summed E-state index contributed by atoms with van der Waals surface area (Å²) in [4.78, 5) is 19.8. The van der Waals surface area contributed by atoms with Gasteiger partial charge in [-0.3, -0.25) is 4.79 Å². The maximum Gasteiger partial charge on any atom is 0.290 e. The number of hydrogen-bond acceptors (Lipinski definition) is 4. The number of benzene rings is 1. The van der Waals surface area contributed by atoms with Gasteiger partial charge in [0, 0.05) is 36.8 Å². The highest BCUT2D eigenvalue weighted by Crippen LogP contribution is 2.32. The molecule has 152 valence electrons. The van der Waals surface area contributed by atoms with Crippen LogP contribution in [0.5, 0.6) is 0 Å². The molecule has 1 aromatic carbocycles. The quantitative estimate of drug-likeness (QED) is 0.705. The molecule has 1 N–H and O–H groups in total. The molecule has 0 radical (unpaired) electrons. The monoisotopic (exact) mass is 395 g/mol. The summed E-state index contributed by atoms with van der Waals surface area (Å²) in [6.07, 6.45) is 0. The lowest BCUT2D eigenvalue weighted by Gasteiger charge is -2.42. The number of fused-ring (bicyclic) bond motifs is 1. The summed E-state index contributed by atoms with van der Waals surface area (Å²) in [7, 11) is 0. The number of pyridine rings is 1. The maximum atomic E-state index is 13.3. The Bertz CT molecular complexity index is 1050. The van der Waals surface area contributed by atoms with E-state index in [1.807, 2.05) is 24.8 Å². The maximum absolute atomic E-state index is 13.3. The minimum atomic E-state index is -0.290. The van der Waals surface area contributed by atoms with Crippen molar-refractivity contribution in [3.63, 3.8) is 0 Å². The largest absolute Gasteiger partial charge is 0.449 e. The molecular weight excluding hydrogens is 369 g/mol.